The summed E-state index contributed by atoms with van der Waals surface area (Å²) < 4.78 is 12.7. The monoisotopic (exact) mass is 213 g/mol. The second-order valence-corrected chi connectivity index (χ2v) is 4.29. The Labute approximate surface area is 89.1 Å². The maximum Gasteiger partial charge on any atom is 0.123 e. The molecule has 0 aromatic heterocycles. The quantitative estimate of drug-likeness (QED) is 0.539. The molecule has 0 radical (unpaired) electrons. The number of hydrogen-bond donors (Lipinski definition) is 1. The highest BCUT2D eigenvalue weighted by Gasteiger charge is 2.61. The second-order valence-electron chi connectivity index (χ2n) is 4.29. The third-order valence-corrected chi connectivity index (χ3v) is 3.61. The normalized spacial score (nSPS) is 33.4. The second kappa shape index (κ2) is 3.21. The van der Waals surface area contributed by atoms with Crippen LogP contribution in [0.15, 0.2) is 24.3 Å². The smallest absolute Gasteiger partial charge is 0.123 e. The molecule has 0 unspecified atom stereocenters. The minimum absolute atomic E-state index is 0. The Balaban J connectivity index is 0.000000750. The molecule has 3 heteroatoms. The first kappa shape index (κ1) is 9.94. The number of benzene rings is 1. The van der Waals surface area contributed by atoms with Crippen LogP contribution in [0, 0.1) is 11.7 Å². The number of nitrogens with two attached hydrogens (primary N) is 1. The molecule has 1 saturated carbocycles. The molecule has 1 nitrogen and oxygen atoms in total. The van der Waals surface area contributed by atoms with Gasteiger partial charge in [0.1, 0.15) is 5.82 Å². The van der Waals surface area contributed by atoms with E-state index in [0.717, 1.165) is 5.92 Å². The fourth-order valence-electron chi connectivity index (χ4n) is 2.73. The van der Waals surface area contributed by atoms with Crippen LogP contribution in [0.4, 0.5) is 4.39 Å². The third kappa shape index (κ3) is 1.25. The van der Waals surface area contributed by atoms with Crippen LogP contribution in [-0.2, 0) is 5.41 Å². The molecule has 76 valence electrons. The molecule has 1 aromatic rings. The predicted molar refractivity (Wildman–Crippen MR) is 47.8 cm³/mol. The van der Waals surface area contributed by atoms with E-state index in [1.54, 1.807) is 12.1 Å². The van der Waals surface area contributed by atoms with Crippen LogP contribution in [0.5, 0.6) is 0 Å². The van der Waals surface area contributed by atoms with E-state index in [1.807, 2.05) is 12.1 Å². The first-order chi connectivity index (χ1) is 6.31. The van der Waals surface area contributed by atoms with E-state index < -0.39 is 0 Å². The Kier molecular flexibility index (Phi) is 2.28. The number of quaternary nitrogens is 1. The lowest BCUT2D eigenvalue weighted by molar-refractivity contribution is -0.644. The van der Waals surface area contributed by atoms with E-state index in [-0.39, 0.29) is 18.2 Å². The van der Waals surface area contributed by atoms with Crippen molar-refractivity contribution in [2.45, 2.75) is 11.8 Å². The van der Waals surface area contributed by atoms with Crippen molar-refractivity contribution >= 4 is 0 Å². The Morgan fingerprint density at radius 3 is 2.50 bits per heavy atom. The van der Waals surface area contributed by atoms with Gasteiger partial charge in [-0.3, -0.25) is 0 Å². The number of halogens is 2. The summed E-state index contributed by atoms with van der Waals surface area (Å²) in [4.78, 5) is 0. The first-order valence-corrected chi connectivity index (χ1v) is 4.89. The van der Waals surface area contributed by atoms with E-state index in [9.17, 15) is 4.39 Å². The summed E-state index contributed by atoms with van der Waals surface area (Å²) >= 11 is 0. The highest BCUT2D eigenvalue weighted by Crippen LogP contribution is 2.54. The number of piperidine rings is 1. The molecule has 2 fully saturated rings. The van der Waals surface area contributed by atoms with Gasteiger partial charge >= 0.3 is 0 Å². The van der Waals surface area contributed by atoms with Crippen molar-refractivity contribution in [1.29, 1.82) is 0 Å². The molecular formula is C11H13ClFN. The molecule has 1 aliphatic carbocycles. The average Bonchev–Trinajstić information content (AvgIpc) is 2.71. The van der Waals surface area contributed by atoms with Crippen LogP contribution in [0.1, 0.15) is 12.0 Å². The molecule has 1 saturated heterocycles. The summed E-state index contributed by atoms with van der Waals surface area (Å²) in [6.45, 7) is 2.46. The summed E-state index contributed by atoms with van der Waals surface area (Å²) in [6.07, 6.45) is 1.31. The Bertz CT molecular complexity index is 338. The SMILES string of the molecule is Fc1ccc([C@]23C[NH2+]C[C@H]2C3)cc1.[Cl-]. The Hall–Kier alpha value is -0.600. The van der Waals surface area contributed by atoms with Crippen molar-refractivity contribution in [2.24, 2.45) is 5.92 Å². The fourth-order valence-corrected chi connectivity index (χ4v) is 2.73. The van der Waals surface area contributed by atoms with E-state index >= 15 is 0 Å². The molecule has 1 aromatic carbocycles. The van der Waals surface area contributed by atoms with Gasteiger partial charge in [-0.05, 0) is 24.1 Å². The minimum atomic E-state index is -0.126. The summed E-state index contributed by atoms with van der Waals surface area (Å²) in [6, 6.07) is 7.07. The molecular weight excluding hydrogens is 201 g/mol. The molecule has 3 rings (SSSR count). The molecule has 0 spiro atoms. The van der Waals surface area contributed by atoms with Crippen LogP contribution in [0.3, 0.4) is 0 Å². The highest BCUT2D eigenvalue weighted by molar-refractivity contribution is 5.34. The standard InChI is InChI=1S/C11H12FN.ClH/c12-10-3-1-8(2-4-10)11-5-9(11)6-13-7-11;/h1-4,9,13H,5-7H2;1H/t9-,11+;/m1./s1. The van der Waals surface area contributed by atoms with E-state index in [1.165, 1.54) is 25.1 Å². The number of fused-ring (bicyclic) bond motifs is 1. The Morgan fingerprint density at radius 1 is 1.29 bits per heavy atom. The lowest BCUT2D eigenvalue weighted by Gasteiger charge is -2.08. The van der Waals surface area contributed by atoms with Gasteiger partial charge in [-0.1, -0.05) is 12.1 Å². The molecule has 2 N–H and O–H groups in total. The van der Waals surface area contributed by atoms with Gasteiger partial charge in [0.05, 0.1) is 18.5 Å². The van der Waals surface area contributed by atoms with Crippen LogP contribution < -0.4 is 17.7 Å². The van der Waals surface area contributed by atoms with Gasteiger partial charge in [0.15, 0.2) is 0 Å². The van der Waals surface area contributed by atoms with Crippen LogP contribution >= 0.6 is 0 Å². The van der Waals surface area contributed by atoms with E-state index in [4.69, 9.17) is 0 Å². The molecule has 0 amide bonds. The van der Waals surface area contributed by atoms with Gasteiger partial charge in [-0.2, -0.15) is 0 Å². The van der Waals surface area contributed by atoms with Crippen molar-refractivity contribution in [1.82, 2.24) is 0 Å². The minimum Gasteiger partial charge on any atom is -1.00 e. The van der Waals surface area contributed by atoms with Crippen molar-refractivity contribution in [3.63, 3.8) is 0 Å². The zero-order valence-electron chi connectivity index (χ0n) is 7.84. The van der Waals surface area contributed by atoms with Gasteiger partial charge < -0.3 is 17.7 Å². The van der Waals surface area contributed by atoms with Gasteiger partial charge in [0, 0.05) is 5.92 Å². The zero-order chi connectivity index (χ0) is 8.89. The highest BCUT2D eigenvalue weighted by atomic mass is 35.5. The molecule has 1 aliphatic heterocycles. The number of hydrogen-bond acceptors (Lipinski definition) is 0. The average molecular weight is 214 g/mol. The lowest BCUT2D eigenvalue weighted by Crippen LogP contribution is -3.00. The van der Waals surface area contributed by atoms with E-state index in [0.29, 0.717) is 5.41 Å². The molecule has 1 heterocycles. The van der Waals surface area contributed by atoms with Crippen molar-refractivity contribution < 1.29 is 22.1 Å². The van der Waals surface area contributed by atoms with Crippen LogP contribution in [0.2, 0.25) is 0 Å². The summed E-state index contributed by atoms with van der Waals surface area (Å²) in [5.74, 6) is 0.734. The molecule has 14 heavy (non-hydrogen) atoms. The summed E-state index contributed by atoms with van der Waals surface area (Å²) in [7, 11) is 0. The zero-order valence-corrected chi connectivity index (χ0v) is 8.60. The van der Waals surface area contributed by atoms with Gasteiger partial charge in [-0.15, -0.1) is 0 Å². The molecule has 2 atom stereocenters. The van der Waals surface area contributed by atoms with Crippen molar-refractivity contribution in [3.05, 3.63) is 35.6 Å². The van der Waals surface area contributed by atoms with Gasteiger partial charge in [0.25, 0.3) is 0 Å². The van der Waals surface area contributed by atoms with E-state index in [2.05, 4.69) is 5.32 Å². The fraction of sp³-hybridized carbons (Fsp3) is 0.455. The van der Waals surface area contributed by atoms with Crippen molar-refractivity contribution in [2.75, 3.05) is 13.1 Å². The first-order valence-electron chi connectivity index (χ1n) is 4.89. The van der Waals surface area contributed by atoms with Gasteiger partial charge in [0.2, 0.25) is 0 Å². The van der Waals surface area contributed by atoms with Crippen LogP contribution in [0.25, 0.3) is 0 Å². The van der Waals surface area contributed by atoms with Crippen molar-refractivity contribution in [3.8, 4) is 0 Å². The third-order valence-electron chi connectivity index (χ3n) is 3.61. The molecule has 2 aliphatic rings. The predicted octanol–water partition coefficient (Wildman–Crippen LogP) is -2.34. The summed E-state index contributed by atoms with van der Waals surface area (Å²) in [5.41, 5.74) is 1.76. The van der Waals surface area contributed by atoms with Gasteiger partial charge in [-0.25, -0.2) is 4.39 Å². The largest absolute Gasteiger partial charge is 1.00 e. The summed E-state index contributed by atoms with van der Waals surface area (Å²) in [5, 5.41) is 2.37. The molecule has 0 bridgehead atoms. The Morgan fingerprint density at radius 2 is 2.00 bits per heavy atom. The maximum atomic E-state index is 12.7. The maximum absolute atomic E-state index is 12.7. The topological polar surface area (TPSA) is 16.6 Å². The van der Waals surface area contributed by atoms with Crippen LogP contribution in [-0.4, -0.2) is 13.1 Å². The lowest BCUT2D eigenvalue weighted by atomic mass is 9.95. The number of rotatable bonds is 1.